The van der Waals surface area contributed by atoms with E-state index in [1.54, 1.807) is 66.7 Å². The van der Waals surface area contributed by atoms with E-state index in [4.69, 9.17) is 16.6 Å². The van der Waals surface area contributed by atoms with Crippen molar-refractivity contribution in [2.24, 2.45) is 16.6 Å². The maximum absolute atomic E-state index is 12.2. The van der Waals surface area contributed by atoms with E-state index in [0.29, 0.717) is 11.1 Å². The fourth-order valence-corrected chi connectivity index (χ4v) is 7.10. The van der Waals surface area contributed by atoms with Crippen molar-refractivity contribution >= 4 is 41.6 Å². The number of carbonyl (C=O) groups is 2. The lowest BCUT2D eigenvalue weighted by molar-refractivity contribution is -0.125. The molecule has 3 aromatic rings. The Morgan fingerprint density at radius 1 is 0.800 bits per heavy atom. The first-order valence-electron chi connectivity index (χ1n) is 13.4. The van der Waals surface area contributed by atoms with Crippen LogP contribution in [0.2, 0.25) is 0 Å². The van der Waals surface area contributed by atoms with Crippen LogP contribution in [0.5, 0.6) is 0 Å². The summed E-state index contributed by atoms with van der Waals surface area (Å²) in [5.74, 6) is -2.26. The van der Waals surface area contributed by atoms with Gasteiger partial charge < -0.3 is 21.9 Å². The molecule has 0 aliphatic carbocycles. The van der Waals surface area contributed by atoms with E-state index in [1.807, 2.05) is 0 Å². The lowest BCUT2D eigenvalue weighted by Crippen LogP contribution is -2.47. The number of carbonyl (C=O) groups excluding carboxylic acids is 2. The van der Waals surface area contributed by atoms with Gasteiger partial charge in [0.2, 0.25) is 26.0 Å². The number of amides is 1. The zero-order valence-electron chi connectivity index (χ0n) is 24.2. The molecule has 14 nitrogen and oxygen atoms in total. The lowest BCUT2D eigenvalue weighted by Gasteiger charge is -2.13. The monoisotopic (exact) mass is 683 g/mol. The molecule has 3 aromatic carbocycles. The number of benzene rings is 3. The molecule has 0 bridgehead atoms. The third-order valence-electron chi connectivity index (χ3n) is 5.98. The van der Waals surface area contributed by atoms with E-state index in [0.717, 1.165) is 0 Å². The predicted octanol–water partition coefficient (Wildman–Crippen LogP) is -1.21. The summed E-state index contributed by atoms with van der Waals surface area (Å²) in [6.45, 7) is -0.930. The molecular formula is C28H37N5O9S3. The van der Waals surface area contributed by atoms with E-state index < -0.39 is 72.6 Å². The smallest absolute Gasteiger partial charge is 0.240 e. The maximum atomic E-state index is 12.2. The summed E-state index contributed by atoms with van der Waals surface area (Å²) in [7, 11) is -11.2. The summed E-state index contributed by atoms with van der Waals surface area (Å²) in [5.41, 5.74) is 12.0. The zero-order valence-corrected chi connectivity index (χ0v) is 26.6. The molecule has 17 heteroatoms. The minimum atomic E-state index is -3.85. The molecule has 3 rings (SSSR count). The first-order chi connectivity index (χ1) is 21.0. The Hall–Kier alpha value is -3.55. The SMILES string of the molecule is NC(CS(=O)(=O)Cc1ccccc1)C(=O)NCC(=O)CNS(=O)(=O)c1ccccc1.NCC(O)Cc1ccccc1S(N)(=O)=O. The number of primary sulfonamides is 1. The third-order valence-corrected chi connectivity index (χ3v) is 10.0. The van der Waals surface area contributed by atoms with Crippen LogP contribution in [-0.2, 0) is 51.6 Å². The maximum Gasteiger partial charge on any atom is 0.240 e. The van der Waals surface area contributed by atoms with Gasteiger partial charge in [-0.3, -0.25) is 9.59 Å². The second-order valence-corrected chi connectivity index (χ2v) is 15.2. The summed E-state index contributed by atoms with van der Waals surface area (Å²) in [5, 5.41) is 16.6. The molecule has 1 amide bonds. The number of nitrogens with one attached hydrogen (secondary N) is 2. The van der Waals surface area contributed by atoms with Crippen LogP contribution in [0.4, 0.5) is 0 Å². The van der Waals surface area contributed by atoms with Crippen molar-refractivity contribution in [2.75, 3.05) is 25.4 Å². The van der Waals surface area contributed by atoms with Crippen molar-refractivity contribution in [1.29, 1.82) is 0 Å². The van der Waals surface area contributed by atoms with Gasteiger partial charge in [0.25, 0.3) is 0 Å². The molecular weight excluding hydrogens is 647 g/mol. The van der Waals surface area contributed by atoms with E-state index in [2.05, 4.69) is 10.0 Å². The molecule has 0 fully saturated rings. The van der Waals surface area contributed by atoms with Crippen LogP contribution in [0.15, 0.2) is 94.7 Å². The van der Waals surface area contributed by atoms with Gasteiger partial charge in [0.1, 0.15) is 0 Å². The summed E-state index contributed by atoms with van der Waals surface area (Å²) in [6.07, 6.45) is -0.573. The second-order valence-electron chi connectivity index (χ2n) is 9.79. The molecule has 246 valence electrons. The van der Waals surface area contributed by atoms with Crippen LogP contribution in [0.25, 0.3) is 0 Å². The van der Waals surface area contributed by atoms with Crippen molar-refractivity contribution in [3.63, 3.8) is 0 Å². The minimum Gasteiger partial charge on any atom is -0.391 e. The highest BCUT2D eigenvalue weighted by Crippen LogP contribution is 2.15. The number of hydrogen-bond acceptors (Lipinski definition) is 11. The molecule has 2 unspecified atom stereocenters. The van der Waals surface area contributed by atoms with Crippen LogP contribution in [-0.4, -0.2) is 79.6 Å². The van der Waals surface area contributed by atoms with Crippen molar-refractivity contribution in [1.82, 2.24) is 10.0 Å². The van der Waals surface area contributed by atoms with Gasteiger partial charge in [-0.2, -0.15) is 0 Å². The Morgan fingerprint density at radius 2 is 1.36 bits per heavy atom. The third kappa shape index (κ3) is 13.5. The summed E-state index contributed by atoms with van der Waals surface area (Å²) < 4.78 is 73.0. The largest absolute Gasteiger partial charge is 0.391 e. The first-order valence-corrected chi connectivity index (χ1v) is 18.2. The van der Waals surface area contributed by atoms with Crippen LogP contribution in [0.1, 0.15) is 11.1 Å². The normalized spacial score (nSPS) is 13.2. The Kier molecular flexibility index (Phi) is 14.4. The minimum absolute atomic E-state index is 0.00693. The van der Waals surface area contributed by atoms with Crippen molar-refractivity contribution in [2.45, 2.75) is 34.1 Å². The highest BCUT2D eigenvalue weighted by molar-refractivity contribution is 7.90. The van der Waals surface area contributed by atoms with Gasteiger partial charge in [0.05, 0.1) is 46.5 Å². The highest BCUT2D eigenvalue weighted by atomic mass is 32.2. The molecule has 0 saturated carbocycles. The van der Waals surface area contributed by atoms with Crippen LogP contribution >= 0.6 is 0 Å². The zero-order chi connectivity index (χ0) is 33.7. The van der Waals surface area contributed by atoms with Crippen LogP contribution in [0, 0.1) is 0 Å². The highest BCUT2D eigenvalue weighted by Gasteiger charge is 2.23. The fourth-order valence-electron chi connectivity index (χ4n) is 3.76. The van der Waals surface area contributed by atoms with E-state index in [-0.39, 0.29) is 28.5 Å². The van der Waals surface area contributed by atoms with Gasteiger partial charge in [-0.15, -0.1) is 0 Å². The number of Topliss-reactive ketones (excluding diaryl/α,β-unsaturated/α-hetero) is 1. The quantitative estimate of drug-likeness (QED) is 0.111. The van der Waals surface area contributed by atoms with E-state index >= 15 is 0 Å². The van der Waals surface area contributed by atoms with Gasteiger partial charge in [0, 0.05) is 13.0 Å². The molecule has 0 saturated heterocycles. The Bertz CT molecular complexity index is 1740. The number of aliphatic hydroxyl groups is 1. The molecule has 0 spiro atoms. The summed E-state index contributed by atoms with van der Waals surface area (Å²) in [4.78, 5) is 23.9. The average Bonchev–Trinajstić information content (AvgIpc) is 2.99. The van der Waals surface area contributed by atoms with Gasteiger partial charge in [0.15, 0.2) is 15.6 Å². The number of ketones is 1. The van der Waals surface area contributed by atoms with Crippen molar-refractivity contribution in [3.8, 4) is 0 Å². The lowest BCUT2D eigenvalue weighted by atomic mass is 10.1. The summed E-state index contributed by atoms with van der Waals surface area (Å²) in [6, 6.07) is 20.9. The van der Waals surface area contributed by atoms with Crippen LogP contribution < -0.4 is 26.6 Å². The fraction of sp³-hybridized carbons (Fsp3) is 0.286. The Balaban J connectivity index is 0.000000394. The predicted molar refractivity (Wildman–Crippen MR) is 168 cm³/mol. The molecule has 45 heavy (non-hydrogen) atoms. The molecule has 0 aliphatic rings. The van der Waals surface area contributed by atoms with Gasteiger partial charge >= 0.3 is 0 Å². The number of aliphatic hydroxyl groups excluding tert-OH is 1. The van der Waals surface area contributed by atoms with Gasteiger partial charge in [-0.1, -0.05) is 66.7 Å². The van der Waals surface area contributed by atoms with Crippen molar-refractivity contribution < 1.29 is 39.9 Å². The Morgan fingerprint density at radius 3 is 1.93 bits per heavy atom. The molecule has 0 aromatic heterocycles. The van der Waals surface area contributed by atoms with E-state index in [9.17, 15) is 39.9 Å². The first kappa shape index (κ1) is 37.6. The van der Waals surface area contributed by atoms with E-state index in [1.165, 1.54) is 18.2 Å². The number of nitrogens with two attached hydrogens (primary N) is 3. The van der Waals surface area contributed by atoms with Gasteiger partial charge in [-0.25, -0.2) is 35.1 Å². The standard InChI is InChI=1S/C19H23N3O6S2.C9H14N2O3S/c20-18(14-29(25,26)13-15-7-3-1-4-8-15)19(24)21-11-16(23)12-22-30(27,28)17-9-5-2-6-10-17;10-6-8(12)5-7-3-1-2-4-9(7)15(11,13)14/h1-10,18,22H,11-14,20H2,(H,21,24);1-4,8,12H,5-6,10H2,(H2,11,13,14). The average molecular weight is 684 g/mol. The molecule has 0 aliphatic heterocycles. The molecule has 0 radical (unpaired) electrons. The van der Waals surface area contributed by atoms with Gasteiger partial charge in [-0.05, 0) is 29.3 Å². The topological polar surface area (TPSA) is 259 Å². The van der Waals surface area contributed by atoms with Crippen molar-refractivity contribution in [3.05, 3.63) is 96.1 Å². The second kappa shape index (κ2) is 17.2. The number of sulfonamides is 2. The molecule has 2 atom stereocenters. The molecule has 9 N–H and O–H groups in total. The summed E-state index contributed by atoms with van der Waals surface area (Å²) >= 11 is 0. The molecule has 0 heterocycles. The number of hydrogen-bond donors (Lipinski definition) is 6. The number of rotatable bonds is 15. The van der Waals surface area contributed by atoms with Crippen LogP contribution in [0.3, 0.4) is 0 Å². The number of sulfone groups is 1. The Labute approximate surface area is 263 Å².